The Bertz CT molecular complexity index is 563. The highest BCUT2D eigenvalue weighted by molar-refractivity contribution is 6.48. The van der Waals surface area contributed by atoms with E-state index in [4.69, 9.17) is 46.4 Å². The number of aromatic nitrogens is 1. The van der Waals surface area contributed by atoms with Gasteiger partial charge in [0.15, 0.2) is 11.0 Å². The van der Waals surface area contributed by atoms with Gasteiger partial charge >= 0.3 is 0 Å². The molecule has 17 heavy (non-hydrogen) atoms. The van der Waals surface area contributed by atoms with Crippen LogP contribution in [0.25, 0.3) is 11.1 Å². The number of rotatable bonds is 1. The van der Waals surface area contributed by atoms with Gasteiger partial charge in [-0.15, -0.1) is 0 Å². The molecule has 0 amide bonds. The van der Waals surface area contributed by atoms with E-state index in [0.29, 0.717) is 21.2 Å². The summed E-state index contributed by atoms with van der Waals surface area (Å²) in [5.74, 6) is -0.605. The Hall–Kier alpha value is -0.540. The van der Waals surface area contributed by atoms with Gasteiger partial charge in [0, 0.05) is 11.8 Å². The zero-order valence-corrected chi connectivity index (χ0v) is 11.2. The standard InChI is InChI=1S/C11H4Cl4FN/c12-7-1-5(2-8(13)10(7)14)6-3-9(16)11(15)17-4-6/h1-4H. The third kappa shape index (κ3) is 2.66. The molecule has 0 radical (unpaired) electrons. The predicted octanol–water partition coefficient (Wildman–Crippen LogP) is 5.50. The molecule has 1 aromatic carbocycles. The van der Waals surface area contributed by atoms with E-state index < -0.39 is 5.82 Å². The van der Waals surface area contributed by atoms with E-state index >= 15 is 0 Å². The van der Waals surface area contributed by atoms with Gasteiger partial charge in [0.05, 0.1) is 15.1 Å². The van der Waals surface area contributed by atoms with Crippen LogP contribution in [0.5, 0.6) is 0 Å². The molecule has 6 heteroatoms. The molecule has 2 rings (SSSR count). The Morgan fingerprint density at radius 1 is 0.882 bits per heavy atom. The minimum absolute atomic E-state index is 0.181. The molecular formula is C11H4Cl4FN. The van der Waals surface area contributed by atoms with Crippen LogP contribution in [0.15, 0.2) is 24.4 Å². The van der Waals surface area contributed by atoms with E-state index in [1.54, 1.807) is 12.1 Å². The average Bonchev–Trinajstić information content (AvgIpc) is 2.29. The molecular weight excluding hydrogens is 307 g/mol. The fourth-order valence-corrected chi connectivity index (χ4v) is 2.00. The molecule has 0 saturated heterocycles. The maximum Gasteiger partial charge on any atom is 0.164 e. The van der Waals surface area contributed by atoms with Crippen molar-refractivity contribution in [3.63, 3.8) is 0 Å². The number of nitrogens with zero attached hydrogens (tertiary/aromatic N) is 1. The molecule has 0 spiro atoms. The van der Waals surface area contributed by atoms with E-state index in [1.807, 2.05) is 0 Å². The van der Waals surface area contributed by atoms with Gasteiger partial charge in [-0.1, -0.05) is 46.4 Å². The number of benzene rings is 1. The van der Waals surface area contributed by atoms with Crippen LogP contribution in [0.3, 0.4) is 0 Å². The van der Waals surface area contributed by atoms with Crippen molar-refractivity contribution < 1.29 is 4.39 Å². The molecule has 0 aliphatic heterocycles. The van der Waals surface area contributed by atoms with Crippen LogP contribution in [0.1, 0.15) is 0 Å². The van der Waals surface area contributed by atoms with Gasteiger partial charge in [0.1, 0.15) is 0 Å². The smallest absolute Gasteiger partial charge is 0.164 e. The van der Waals surface area contributed by atoms with E-state index in [9.17, 15) is 4.39 Å². The van der Waals surface area contributed by atoms with E-state index in [2.05, 4.69) is 4.98 Å². The summed E-state index contributed by atoms with van der Waals surface area (Å²) in [5.41, 5.74) is 1.14. The van der Waals surface area contributed by atoms with Crippen LogP contribution in [0, 0.1) is 5.82 Å². The molecule has 0 saturated carbocycles. The summed E-state index contributed by atoms with van der Waals surface area (Å²) < 4.78 is 13.3. The van der Waals surface area contributed by atoms with Crippen molar-refractivity contribution in [2.75, 3.05) is 0 Å². The Labute approximate surface area is 117 Å². The molecule has 0 bridgehead atoms. The molecule has 0 atom stereocenters. The van der Waals surface area contributed by atoms with Crippen molar-refractivity contribution in [2.24, 2.45) is 0 Å². The minimum atomic E-state index is -0.605. The van der Waals surface area contributed by atoms with Crippen molar-refractivity contribution in [2.45, 2.75) is 0 Å². The molecule has 1 aromatic heterocycles. The van der Waals surface area contributed by atoms with Gasteiger partial charge in [-0.3, -0.25) is 0 Å². The first-order chi connectivity index (χ1) is 7.99. The lowest BCUT2D eigenvalue weighted by Gasteiger charge is -2.06. The molecule has 0 aliphatic rings. The third-order valence-corrected chi connectivity index (χ3v) is 3.59. The highest BCUT2D eigenvalue weighted by Crippen LogP contribution is 2.35. The normalized spacial score (nSPS) is 10.6. The van der Waals surface area contributed by atoms with Gasteiger partial charge in [0.25, 0.3) is 0 Å². The highest BCUT2D eigenvalue weighted by Gasteiger charge is 2.09. The first-order valence-electron chi connectivity index (χ1n) is 4.45. The molecule has 88 valence electrons. The van der Waals surface area contributed by atoms with Crippen LogP contribution < -0.4 is 0 Å². The quantitative estimate of drug-likeness (QED) is 0.500. The SMILES string of the molecule is Fc1cc(-c2cc(Cl)c(Cl)c(Cl)c2)cnc1Cl. The molecule has 0 fully saturated rings. The molecule has 1 nitrogen and oxygen atoms in total. The lowest BCUT2D eigenvalue weighted by molar-refractivity contribution is 0.622. The Morgan fingerprint density at radius 2 is 1.47 bits per heavy atom. The summed E-state index contributed by atoms with van der Waals surface area (Å²) >= 11 is 23.1. The largest absolute Gasteiger partial charge is 0.241 e. The van der Waals surface area contributed by atoms with Crippen molar-refractivity contribution in [1.29, 1.82) is 0 Å². The summed E-state index contributed by atoms with van der Waals surface area (Å²) in [6, 6.07) is 4.42. The van der Waals surface area contributed by atoms with Crippen molar-refractivity contribution >= 4 is 46.4 Å². The van der Waals surface area contributed by atoms with Crippen LogP contribution in [-0.4, -0.2) is 4.98 Å². The van der Waals surface area contributed by atoms with Crippen molar-refractivity contribution in [3.8, 4) is 11.1 Å². The summed E-state index contributed by atoms with van der Waals surface area (Å²) in [4.78, 5) is 3.71. The van der Waals surface area contributed by atoms with Gasteiger partial charge in [-0.25, -0.2) is 9.37 Å². The first-order valence-corrected chi connectivity index (χ1v) is 5.96. The molecule has 0 N–H and O–H groups in total. The summed E-state index contributed by atoms with van der Waals surface area (Å²) in [5, 5.41) is 0.674. The average molecular weight is 311 g/mol. The molecule has 0 aliphatic carbocycles. The van der Waals surface area contributed by atoms with Crippen LogP contribution in [0.2, 0.25) is 20.2 Å². The van der Waals surface area contributed by atoms with Gasteiger partial charge < -0.3 is 0 Å². The number of hydrogen-bond acceptors (Lipinski definition) is 1. The lowest BCUT2D eigenvalue weighted by atomic mass is 10.1. The Balaban J connectivity index is 2.57. The monoisotopic (exact) mass is 309 g/mol. The molecule has 1 heterocycles. The highest BCUT2D eigenvalue weighted by atomic mass is 35.5. The fourth-order valence-electron chi connectivity index (χ4n) is 1.30. The van der Waals surface area contributed by atoms with Gasteiger partial charge in [0.2, 0.25) is 0 Å². The molecule has 2 aromatic rings. The Kier molecular flexibility index (Phi) is 3.79. The second kappa shape index (κ2) is 4.99. The zero-order chi connectivity index (χ0) is 12.6. The second-order valence-corrected chi connectivity index (χ2v) is 4.80. The maximum atomic E-state index is 13.3. The predicted molar refractivity (Wildman–Crippen MR) is 69.7 cm³/mol. The number of halogens is 5. The number of hydrogen-bond donors (Lipinski definition) is 0. The van der Waals surface area contributed by atoms with Crippen LogP contribution in [-0.2, 0) is 0 Å². The first kappa shape index (κ1) is 12.9. The van der Waals surface area contributed by atoms with E-state index in [0.717, 1.165) is 0 Å². The lowest BCUT2D eigenvalue weighted by Crippen LogP contribution is -1.86. The summed E-state index contributed by atoms with van der Waals surface area (Å²) in [6.45, 7) is 0. The van der Waals surface area contributed by atoms with Gasteiger partial charge in [-0.05, 0) is 23.8 Å². The molecule has 0 unspecified atom stereocenters. The second-order valence-electron chi connectivity index (χ2n) is 3.25. The topological polar surface area (TPSA) is 12.9 Å². The minimum Gasteiger partial charge on any atom is -0.241 e. The van der Waals surface area contributed by atoms with E-state index in [-0.39, 0.29) is 10.2 Å². The fraction of sp³-hybridized carbons (Fsp3) is 0. The Morgan fingerprint density at radius 3 is 2.00 bits per heavy atom. The third-order valence-electron chi connectivity index (χ3n) is 2.11. The zero-order valence-electron chi connectivity index (χ0n) is 8.15. The number of pyridine rings is 1. The van der Waals surface area contributed by atoms with E-state index in [1.165, 1.54) is 12.3 Å². The van der Waals surface area contributed by atoms with Crippen molar-refractivity contribution in [1.82, 2.24) is 4.98 Å². The van der Waals surface area contributed by atoms with Gasteiger partial charge in [-0.2, -0.15) is 0 Å². The maximum absolute atomic E-state index is 13.3. The van der Waals surface area contributed by atoms with Crippen LogP contribution in [0.4, 0.5) is 4.39 Å². The van der Waals surface area contributed by atoms with Crippen molar-refractivity contribution in [3.05, 3.63) is 50.4 Å². The summed E-state index contributed by atoms with van der Waals surface area (Å²) in [7, 11) is 0. The summed E-state index contributed by atoms with van der Waals surface area (Å²) in [6.07, 6.45) is 1.43. The van der Waals surface area contributed by atoms with Crippen LogP contribution >= 0.6 is 46.4 Å².